The van der Waals surface area contributed by atoms with Gasteiger partial charge in [-0.15, -0.1) is 0 Å². The van der Waals surface area contributed by atoms with E-state index in [-0.39, 0.29) is 5.60 Å². The van der Waals surface area contributed by atoms with Crippen LogP contribution in [0.4, 0.5) is 0 Å². The summed E-state index contributed by atoms with van der Waals surface area (Å²) in [5, 5.41) is 3.42. The Bertz CT molecular complexity index is 293. The first-order chi connectivity index (χ1) is 7.49. The van der Waals surface area contributed by atoms with Gasteiger partial charge in [-0.1, -0.05) is 0 Å². The lowest BCUT2D eigenvalue weighted by Crippen LogP contribution is -2.28. The summed E-state index contributed by atoms with van der Waals surface area (Å²) in [5.41, 5.74) is 1.20. The van der Waals surface area contributed by atoms with Gasteiger partial charge >= 0.3 is 0 Å². The van der Waals surface area contributed by atoms with Crippen LogP contribution in [-0.2, 0) is 4.74 Å². The molecular formula is C13H22N2O. The lowest BCUT2D eigenvalue weighted by molar-refractivity contribution is -0.00149. The second-order valence-electron chi connectivity index (χ2n) is 4.92. The summed E-state index contributed by atoms with van der Waals surface area (Å²) in [4.78, 5) is 4.00. The van der Waals surface area contributed by atoms with E-state index in [0.29, 0.717) is 6.04 Å². The van der Waals surface area contributed by atoms with E-state index >= 15 is 0 Å². The molecule has 0 aliphatic heterocycles. The van der Waals surface area contributed by atoms with Crippen LogP contribution in [0.2, 0.25) is 0 Å². The van der Waals surface area contributed by atoms with Crippen LogP contribution in [0, 0.1) is 0 Å². The van der Waals surface area contributed by atoms with Gasteiger partial charge in [0.1, 0.15) is 0 Å². The molecule has 0 saturated carbocycles. The number of nitrogens with zero attached hydrogens (tertiary/aromatic N) is 1. The van der Waals surface area contributed by atoms with E-state index in [1.54, 1.807) is 0 Å². The molecule has 0 aliphatic carbocycles. The maximum absolute atomic E-state index is 5.64. The molecule has 3 nitrogen and oxygen atoms in total. The number of nitrogens with one attached hydrogen (secondary N) is 1. The Morgan fingerprint density at radius 2 is 1.94 bits per heavy atom. The molecule has 0 aliphatic rings. The highest BCUT2D eigenvalue weighted by molar-refractivity contribution is 5.13. The van der Waals surface area contributed by atoms with E-state index in [4.69, 9.17) is 4.74 Å². The smallest absolute Gasteiger partial charge is 0.0599 e. The second kappa shape index (κ2) is 5.97. The Balaban J connectivity index is 2.24. The normalized spacial score (nSPS) is 13.8. The molecule has 1 heterocycles. The average molecular weight is 222 g/mol. The molecule has 0 aromatic carbocycles. The summed E-state index contributed by atoms with van der Waals surface area (Å²) in [6.07, 6.45) is 3.64. The molecule has 1 rings (SSSR count). The number of aromatic nitrogens is 1. The van der Waals surface area contributed by atoms with E-state index < -0.39 is 0 Å². The monoisotopic (exact) mass is 222 g/mol. The number of ether oxygens (including phenoxy) is 1. The molecular weight excluding hydrogens is 200 g/mol. The Morgan fingerprint density at radius 3 is 2.50 bits per heavy atom. The van der Waals surface area contributed by atoms with Crippen molar-refractivity contribution in [1.29, 1.82) is 0 Å². The Hall–Kier alpha value is -0.930. The molecule has 1 atom stereocenters. The summed E-state index contributed by atoms with van der Waals surface area (Å²) >= 11 is 0. The minimum absolute atomic E-state index is 0.0540. The predicted molar refractivity (Wildman–Crippen MR) is 66.4 cm³/mol. The third-order valence-electron chi connectivity index (χ3n) is 2.29. The fourth-order valence-electron chi connectivity index (χ4n) is 1.40. The van der Waals surface area contributed by atoms with Gasteiger partial charge in [-0.2, -0.15) is 0 Å². The van der Waals surface area contributed by atoms with Crippen molar-refractivity contribution in [1.82, 2.24) is 10.3 Å². The molecule has 0 bridgehead atoms. The summed E-state index contributed by atoms with van der Waals surface area (Å²) in [7, 11) is 0. The molecule has 3 heteroatoms. The predicted octanol–water partition coefficient (Wildman–Crippen LogP) is 2.55. The molecule has 0 saturated heterocycles. The first-order valence-electron chi connectivity index (χ1n) is 5.76. The zero-order valence-corrected chi connectivity index (χ0v) is 10.7. The summed E-state index contributed by atoms with van der Waals surface area (Å²) < 4.78 is 5.64. The molecule has 1 aromatic rings. The molecule has 0 fully saturated rings. The lowest BCUT2D eigenvalue weighted by Gasteiger charge is -2.21. The van der Waals surface area contributed by atoms with Crippen molar-refractivity contribution in [2.45, 2.75) is 39.3 Å². The van der Waals surface area contributed by atoms with Crippen molar-refractivity contribution in [2.75, 3.05) is 13.2 Å². The molecule has 0 radical (unpaired) electrons. The molecule has 0 spiro atoms. The molecule has 0 amide bonds. The topological polar surface area (TPSA) is 34.1 Å². The highest BCUT2D eigenvalue weighted by atomic mass is 16.5. The van der Waals surface area contributed by atoms with Gasteiger partial charge in [0.15, 0.2) is 0 Å². The van der Waals surface area contributed by atoms with E-state index in [1.165, 1.54) is 5.56 Å². The highest BCUT2D eigenvalue weighted by Gasteiger charge is 2.09. The van der Waals surface area contributed by atoms with Crippen LogP contribution in [-0.4, -0.2) is 23.7 Å². The van der Waals surface area contributed by atoms with Crippen molar-refractivity contribution >= 4 is 0 Å². The molecule has 1 N–H and O–H groups in total. The van der Waals surface area contributed by atoms with Gasteiger partial charge in [-0.25, -0.2) is 0 Å². The molecule has 1 unspecified atom stereocenters. The molecule has 1 aromatic heterocycles. The van der Waals surface area contributed by atoms with Crippen LogP contribution in [0.5, 0.6) is 0 Å². The van der Waals surface area contributed by atoms with Gasteiger partial charge in [0, 0.05) is 25.0 Å². The van der Waals surface area contributed by atoms with Gasteiger partial charge in [-0.05, 0) is 45.4 Å². The van der Waals surface area contributed by atoms with E-state index in [1.807, 2.05) is 24.5 Å². The van der Waals surface area contributed by atoms with E-state index in [0.717, 1.165) is 13.2 Å². The lowest BCUT2D eigenvalue weighted by atomic mass is 10.1. The highest BCUT2D eigenvalue weighted by Crippen LogP contribution is 2.10. The number of rotatable bonds is 5. The Morgan fingerprint density at radius 1 is 1.31 bits per heavy atom. The first kappa shape index (κ1) is 13.1. The third-order valence-corrected chi connectivity index (χ3v) is 2.29. The quantitative estimate of drug-likeness (QED) is 0.777. The Kier molecular flexibility index (Phi) is 4.90. The first-order valence-corrected chi connectivity index (χ1v) is 5.76. The van der Waals surface area contributed by atoms with Crippen molar-refractivity contribution < 1.29 is 4.74 Å². The minimum atomic E-state index is -0.0540. The maximum Gasteiger partial charge on any atom is 0.0599 e. The number of hydrogen-bond donors (Lipinski definition) is 1. The van der Waals surface area contributed by atoms with Crippen LogP contribution in [0.25, 0.3) is 0 Å². The van der Waals surface area contributed by atoms with E-state index in [2.05, 4.69) is 38.0 Å². The van der Waals surface area contributed by atoms with Crippen molar-refractivity contribution in [3.63, 3.8) is 0 Å². The fraction of sp³-hybridized carbons (Fsp3) is 0.615. The second-order valence-corrected chi connectivity index (χ2v) is 4.92. The van der Waals surface area contributed by atoms with Gasteiger partial charge in [0.25, 0.3) is 0 Å². The SMILES string of the molecule is CC(NCCOC(C)(C)C)c1ccncc1. The summed E-state index contributed by atoms with van der Waals surface area (Å²) in [6.45, 7) is 9.95. The summed E-state index contributed by atoms with van der Waals surface area (Å²) in [6, 6.07) is 4.40. The van der Waals surface area contributed by atoms with Crippen LogP contribution >= 0.6 is 0 Å². The number of pyridine rings is 1. The third kappa shape index (κ3) is 5.24. The Labute approximate surface area is 98.2 Å². The minimum Gasteiger partial charge on any atom is -0.375 e. The van der Waals surface area contributed by atoms with E-state index in [9.17, 15) is 0 Å². The maximum atomic E-state index is 5.64. The van der Waals surface area contributed by atoms with Gasteiger partial charge in [0.05, 0.1) is 12.2 Å². The average Bonchev–Trinajstić information content (AvgIpc) is 2.24. The summed E-state index contributed by atoms with van der Waals surface area (Å²) in [5.74, 6) is 0. The standard InChI is InChI=1S/C13H22N2O/c1-11(12-5-7-14-8-6-12)15-9-10-16-13(2,3)4/h5-8,11,15H,9-10H2,1-4H3. The van der Waals surface area contributed by atoms with Crippen LogP contribution in [0.1, 0.15) is 39.3 Å². The molecule has 16 heavy (non-hydrogen) atoms. The van der Waals surface area contributed by atoms with Gasteiger partial charge in [0.2, 0.25) is 0 Å². The fourth-order valence-corrected chi connectivity index (χ4v) is 1.40. The largest absolute Gasteiger partial charge is 0.375 e. The zero-order chi connectivity index (χ0) is 12.0. The van der Waals surface area contributed by atoms with Gasteiger partial charge < -0.3 is 10.1 Å². The van der Waals surface area contributed by atoms with Crippen molar-refractivity contribution in [2.24, 2.45) is 0 Å². The van der Waals surface area contributed by atoms with Crippen LogP contribution < -0.4 is 5.32 Å². The molecule has 90 valence electrons. The zero-order valence-electron chi connectivity index (χ0n) is 10.7. The van der Waals surface area contributed by atoms with Gasteiger partial charge in [-0.3, -0.25) is 4.98 Å². The van der Waals surface area contributed by atoms with Crippen LogP contribution in [0.15, 0.2) is 24.5 Å². The van der Waals surface area contributed by atoms with Crippen molar-refractivity contribution in [3.05, 3.63) is 30.1 Å². The number of hydrogen-bond acceptors (Lipinski definition) is 3. The van der Waals surface area contributed by atoms with Crippen LogP contribution in [0.3, 0.4) is 0 Å². The van der Waals surface area contributed by atoms with Crippen molar-refractivity contribution in [3.8, 4) is 0 Å².